The van der Waals surface area contributed by atoms with E-state index in [0.717, 1.165) is 4.47 Å². The molecule has 186 valence electrons. The first-order valence-corrected chi connectivity index (χ1v) is 12.6. The molecule has 0 N–H and O–H groups in total. The number of halogens is 1. The van der Waals surface area contributed by atoms with Crippen molar-refractivity contribution in [2.24, 2.45) is 0 Å². The molecular weight excluding hydrogens is 562 g/mol. The molecule has 2 heterocycles. The van der Waals surface area contributed by atoms with E-state index in [-0.39, 0.29) is 17.2 Å². The van der Waals surface area contributed by atoms with Crippen molar-refractivity contribution in [1.29, 1.82) is 0 Å². The molecule has 0 atom stereocenters. The standard InChI is InChI=1S/C25H18BrN5O5S/c1-35-21-11-18-19(12-22(21)36-2)27-25(37-13-20(32)14-3-7-16(26)8-4-14)30-24(18)28-23(29-30)15-5-9-17(10-6-15)31(33)34/h3-12H,13H2,1-2H3. The second-order valence-corrected chi connectivity index (χ2v) is 9.67. The Morgan fingerprint density at radius 3 is 2.35 bits per heavy atom. The summed E-state index contributed by atoms with van der Waals surface area (Å²) in [5.41, 5.74) is 2.25. The number of carbonyl (C=O) groups is 1. The van der Waals surface area contributed by atoms with Gasteiger partial charge in [-0.25, -0.2) is 9.97 Å². The van der Waals surface area contributed by atoms with Gasteiger partial charge in [-0.2, -0.15) is 4.52 Å². The molecule has 5 aromatic rings. The van der Waals surface area contributed by atoms with E-state index in [0.29, 0.717) is 50.2 Å². The number of methoxy groups -OCH3 is 2. The number of benzene rings is 3. The highest BCUT2D eigenvalue weighted by Gasteiger charge is 2.19. The summed E-state index contributed by atoms with van der Waals surface area (Å²) in [6, 6.07) is 16.7. The normalized spacial score (nSPS) is 11.1. The van der Waals surface area contributed by atoms with E-state index in [1.165, 1.54) is 23.9 Å². The average Bonchev–Trinajstić information content (AvgIpc) is 3.37. The van der Waals surface area contributed by atoms with Crippen molar-refractivity contribution < 1.29 is 19.2 Å². The maximum absolute atomic E-state index is 12.8. The van der Waals surface area contributed by atoms with Crippen molar-refractivity contribution in [2.45, 2.75) is 5.16 Å². The van der Waals surface area contributed by atoms with Gasteiger partial charge in [0.05, 0.1) is 30.4 Å². The van der Waals surface area contributed by atoms with Crippen molar-refractivity contribution in [3.8, 4) is 22.9 Å². The zero-order chi connectivity index (χ0) is 26.1. The van der Waals surface area contributed by atoms with Gasteiger partial charge in [-0.1, -0.05) is 39.8 Å². The number of hydrogen-bond acceptors (Lipinski definition) is 9. The smallest absolute Gasteiger partial charge is 0.269 e. The Bertz CT molecular complexity index is 1660. The Hall–Kier alpha value is -4.03. The van der Waals surface area contributed by atoms with Crippen LogP contribution in [0.2, 0.25) is 0 Å². The van der Waals surface area contributed by atoms with Gasteiger partial charge >= 0.3 is 0 Å². The van der Waals surface area contributed by atoms with Crippen LogP contribution in [0, 0.1) is 10.1 Å². The van der Waals surface area contributed by atoms with Gasteiger partial charge < -0.3 is 9.47 Å². The van der Waals surface area contributed by atoms with Crippen molar-refractivity contribution in [3.05, 3.63) is 80.8 Å². The van der Waals surface area contributed by atoms with Crippen molar-refractivity contribution in [2.75, 3.05) is 20.0 Å². The van der Waals surface area contributed by atoms with E-state index in [1.54, 1.807) is 55.1 Å². The first kappa shape index (κ1) is 24.7. The summed E-state index contributed by atoms with van der Waals surface area (Å²) in [6.07, 6.45) is 0. The van der Waals surface area contributed by atoms with Gasteiger partial charge in [0.2, 0.25) is 0 Å². The molecule has 12 heteroatoms. The van der Waals surface area contributed by atoms with Gasteiger partial charge in [0.15, 0.2) is 33.9 Å². The first-order chi connectivity index (χ1) is 17.9. The number of carbonyl (C=O) groups excluding carboxylic acids is 1. The first-order valence-electron chi connectivity index (χ1n) is 10.9. The molecule has 2 aromatic heterocycles. The molecular formula is C25H18BrN5O5S. The quantitative estimate of drug-likeness (QED) is 0.0758. The molecule has 0 amide bonds. The van der Waals surface area contributed by atoms with Crippen LogP contribution < -0.4 is 9.47 Å². The molecule has 10 nitrogen and oxygen atoms in total. The minimum atomic E-state index is -0.463. The molecule has 0 saturated heterocycles. The number of fused-ring (bicyclic) bond motifs is 3. The molecule has 0 spiro atoms. The molecule has 0 bridgehead atoms. The van der Waals surface area contributed by atoms with Crippen LogP contribution in [-0.2, 0) is 0 Å². The van der Waals surface area contributed by atoms with Gasteiger partial charge in [-0.3, -0.25) is 14.9 Å². The third-order valence-electron chi connectivity index (χ3n) is 5.58. The lowest BCUT2D eigenvalue weighted by atomic mass is 10.2. The molecule has 3 aromatic carbocycles. The number of Topliss-reactive ketones (excluding diaryl/α,β-unsaturated/α-hetero) is 1. The Morgan fingerprint density at radius 2 is 1.70 bits per heavy atom. The van der Waals surface area contributed by atoms with E-state index in [1.807, 2.05) is 12.1 Å². The van der Waals surface area contributed by atoms with Gasteiger partial charge in [0.25, 0.3) is 5.69 Å². The SMILES string of the molecule is COc1cc2nc(SCC(=O)c3ccc(Br)cc3)n3nc(-c4ccc([N+](=O)[O-])cc4)nc3c2cc1OC. The topological polar surface area (TPSA) is 122 Å². The highest BCUT2D eigenvalue weighted by atomic mass is 79.9. The van der Waals surface area contributed by atoms with Gasteiger partial charge in [-0.05, 0) is 30.3 Å². The van der Waals surface area contributed by atoms with Crippen LogP contribution in [-0.4, -0.2) is 50.3 Å². The molecule has 0 aliphatic rings. The Kier molecular flexibility index (Phi) is 6.76. The van der Waals surface area contributed by atoms with Crippen molar-refractivity contribution >= 4 is 55.7 Å². The van der Waals surface area contributed by atoms with Gasteiger partial charge in [0, 0.05) is 39.2 Å². The summed E-state index contributed by atoms with van der Waals surface area (Å²) >= 11 is 4.61. The van der Waals surface area contributed by atoms with Crippen LogP contribution in [0.1, 0.15) is 10.4 Å². The lowest BCUT2D eigenvalue weighted by Crippen LogP contribution is -2.05. The van der Waals surface area contributed by atoms with E-state index in [9.17, 15) is 14.9 Å². The summed E-state index contributed by atoms with van der Waals surface area (Å²) < 4.78 is 13.4. The van der Waals surface area contributed by atoms with Crippen LogP contribution in [0.15, 0.2) is 70.3 Å². The van der Waals surface area contributed by atoms with Crippen molar-refractivity contribution in [3.63, 3.8) is 0 Å². The van der Waals surface area contributed by atoms with Crippen LogP contribution in [0.3, 0.4) is 0 Å². The fraction of sp³-hybridized carbons (Fsp3) is 0.120. The highest BCUT2D eigenvalue weighted by molar-refractivity contribution is 9.10. The number of aromatic nitrogens is 4. The Labute approximate surface area is 222 Å². The number of nitro benzene ring substituents is 1. The van der Waals surface area contributed by atoms with E-state index < -0.39 is 4.92 Å². The van der Waals surface area contributed by atoms with E-state index >= 15 is 0 Å². The molecule has 0 unspecified atom stereocenters. The maximum atomic E-state index is 12.8. The summed E-state index contributed by atoms with van der Waals surface area (Å²) in [5, 5.41) is 16.8. The second-order valence-electron chi connectivity index (χ2n) is 7.81. The van der Waals surface area contributed by atoms with Crippen LogP contribution in [0.5, 0.6) is 11.5 Å². The van der Waals surface area contributed by atoms with E-state index in [2.05, 4.69) is 21.0 Å². The molecule has 0 saturated carbocycles. The van der Waals surface area contributed by atoms with Gasteiger partial charge in [-0.15, -0.1) is 5.10 Å². The third kappa shape index (κ3) is 4.85. The fourth-order valence-electron chi connectivity index (χ4n) is 3.71. The highest BCUT2D eigenvalue weighted by Crippen LogP contribution is 2.35. The molecule has 0 aliphatic heterocycles. The predicted octanol–water partition coefficient (Wildman–Crippen LogP) is 5.61. The average molecular weight is 580 g/mol. The number of hydrogen-bond donors (Lipinski definition) is 0. The number of ether oxygens (including phenoxy) is 2. The number of thioether (sulfide) groups is 1. The minimum absolute atomic E-state index is 0.0286. The summed E-state index contributed by atoms with van der Waals surface area (Å²) in [4.78, 5) is 32.9. The second kappa shape index (κ2) is 10.1. The van der Waals surface area contributed by atoms with Crippen molar-refractivity contribution in [1.82, 2.24) is 19.6 Å². The number of ketones is 1. The summed E-state index contributed by atoms with van der Waals surface area (Å²) in [5.74, 6) is 1.44. The van der Waals surface area contributed by atoms with E-state index in [4.69, 9.17) is 19.4 Å². The summed E-state index contributed by atoms with van der Waals surface area (Å²) in [7, 11) is 3.08. The van der Waals surface area contributed by atoms with Crippen LogP contribution in [0.25, 0.3) is 27.9 Å². The monoisotopic (exact) mass is 579 g/mol. The molecule has 5 rings (SSSR count). The zero-order valence-electron chi connectivity index (χ0n) is 19.5. The number of non-ortho nitro benzene ring substituents is 1. The minimum Gasteiger partial charge on any atom is -0.493 e. The maximum Gasteiger partial charge on any atom is 0.269 e. The molecule has 0 fully saturated rings. The summed E-state index contributed by atoms with van der Waals surface area (Å²) in [6.45, 7) is 0. The number of nitro groups is 1. The molecule has 0 aliphatic carbocycles. The fourth-order valence-corrected chi connectivity index (χ4v) is 4.81. The van der Waals surface area contributed by atoms with Crippen LogP contribution >= 0.6 is 27.7 Å². The molecule has 37 heavy (non-hydrogen) atoms. The number of rotatable bonds is 8. The predicted molar refractivity (Wildman–Crippen MR) is 143 cm³/mol. The third-order valence-corrected chi connectivity index (χ3v) is 7.04. The number of nitrogens with zero attached hydrogens (tertiary/aromatic N) is 5. The van der Waals surface area contributed by atoms with Gasteiger partial charge in [0.1, 0.15) is 0 Å². The lowest BCUT2D eigenvalue weighted by Gasteiger charge is -2.11. The Balaban J connectivity index is 1.61. The van der Waals surface area contributed by atoms with Crippen LogP contribution in [0.4, 0.5) is 5.69 Å². The Morgan fingerprint density at radius 1 is 1.03 bits per heavy atom. The lowest BCUT2D eigenvalue weighted by molar-refractivity contribution is -0.384. The molecule has 0 radical (unpaired) electrons. The zero-order valence-corrected chi connectivity index (χ0v) is 21.9. The largest absolute Gasteiger partial charge is 0.493 e.